The third kappa shape index (κ3) is 3.41. The molecule has 0 fully saturated rings. The first kappa shape index (κ1) is 18.0. The average molecular weight is 387 g/mol. The standard InChI is InChI=1S/C18H16F3N7/c19-17(20,21)14-10-25-18(22,12-4-5-15-11(7-12)8-26-28-15)27-16(14)24-9-13-3-1-2-6-23-13/h1-8,10,24,27H,9,22H2,(H,26,28). The Morgan fingerprint density at radius 2 is 2.04 bits per heavy atom. The molecule has 0 amide bonds. The number of fused-ring (bicyclic) bond motifs is 1. The van der Waals surface area contributed by atoms with Crippen molar-refractivity contribution in [2.45, 2.75) is 18.5 Å². The van der Waals surface area contributed by atoms with Gasteiger partial charge >= 0.3 is 6.18 Å². The number of benzene rings is 1. The average Bonchev–Trinajstić information content (AvgIpc) is 3.14. The number of aliphatic imine (C=N–C) groups is 1. The van der Waals surface area contributed by atoms with Gasteiger partial charge in [0.25, 0.3) is 0 Å². The van der Waals surface area contributed by atoms with Crippen LogP contribution in [0.2, 0.25) is 0 Å². The summed E-state index contributed by atoms with van der Waals surface area (Å²) in [6, 6.07) is 10.3. The second kappa shape index (κ2) is 6.64. The summed E-state index contributed by atoms with van der Waals surface area (Å²) < 4.78 is 40.3. The summed E-state index contributed by atoms with van der Waals surface area (Å²) >= 11 is 0. The number of nitrogens with zero attached hydrogens (tertiary/aromatic N) is 3. The molecular weight excluding hydrogens is 371 g/mol. The second-order valence-corrected chi connectivity index (χ2v) is 6.28. The first-order valence-electron chi connectivity index (χ1n) is 8.36. The van der Waals surface area contributed by atoms with E-state index in [4.69, 9.17) is 5.73 Å². The zero-order chi connectivity index (χ0) is 19.8. The van der Waals surface area contributed by atoms with Crippen LogP contribution in [0.4, 0.5) is 13.2 Å². The Morgan fingerprint density at radius 3 is 2.79 bits per heavy atom. The number of hydrogen-bond donors (Lipinski definition) is 4. The van der Waals surface area contributed by atoms with Crippen molar-refractivity contribution >= 4 is 17.1 Å². The number of nitrogens with one attached hydrogen (secondary N) is 3. The zero-order valence-corrected chi connectivity index (χ0v) is 14.5. The van der Waals surface area contributed by atoms with Crippen molar-refractivity contribution in [2.75, 3.05) is 0 Å². The number of aromatic amines is 1. The molecule has 1 unspecified atom stereocenters. The van der Waals surface area contributed by atoms with Gasteiger partial charge in [0.1, 0.15) is 11.4 Å². The Bertz CT molecular complexity index is 1060. The van der Waals surface area contributed by atoms with Gasteiger partial charge in [-0.3, -0.25) is 15.8 Å². The van der Waals surface area contributed by atoms with Crippen LogP contribution in [0.15, 0.2) is 65.2 Å². The number of pyridine rings is 1. The van der Waals surface area contributed by atoms with Crippen molar-refractivity contribution in [1.82, 2.24) is 25.8 Å². The Labute approximate surface area is 157 Å². The molecule has 0 aliphatic carbocycles. The molecule has 28 heavy (non-hydrogen) atoms. The molecular formula is C18H16F3N7. The molecule has 0 spiro atoms. The van der Waals surface area contributed by atoms with Crippen molar-refractivity contribution in [3.8, 4) is 0 Å². The number of alkyl halides is 3. The minimum absolute atomic E-state index is 0.0907. The zero-order valence-electron chi connectivity index (χ0n) is 14.5. The van der Waals surface area contributed by atoms with Crippen molar-refractivity contribution in [2.24, 2.45) is 10.7 Å². The molecule has 4 rings (SSSR count). The molecule has 1 aliphatic rings. The van der Waals surface area contributed by atoms with Gasteiger partial charge in [-0.2, -0.15) is 18.3 Å². The number of allylic oxidation sites excluding steroid dienone is 1. The lowest BCUT2D eigenvalue weighted by molar-refractivity contribution is -0.0876. The predicted molar refractivity (Wildman–Crippen MR) is 97.7 cm³/mol. The van der Waals surface area contributed by atoms with E-state index in [1.54, 1.807) is 48.8 Å². The van der Waals surface area contributed by atoms with Crippen LogP contribution >= 0.6 is 0 Å². The summed E-state index contributed by atoms with van der Waals surface area (Å²) in [6.07, 6.45) is -0.680. The summed E-state index contributed by atoms with van der Waals surface area (Å²) in [4.78, 5) is 8.06. The SMILES string of the molecule is NC1(c2ccc3[nH]ncc3c2)N=CC(C(F)(F)F)=C(NCc2ccccn2)N1. The van der Waals surface area contributed by atoms with Crippen LogP contribution in [-0.4, -0.2) is 27.6 Å². The Balaban J connectivity index is 1.66. The fourth-order valence-corrected chi connectivity index (χ4v) is 2.88. The third-order valence-electron chi connectivity index (χ3n) is 4.34. The maximum atomic E-state index is 13.4. The molecule has 0 saturated heterocycles. The Hall–Kier alpha value is -3.40. The van der Waals surface area contributed by atoms with Gasteiger partial charge < -0.3 is 10.6 Å². The van der Waals surface area contributed by atoms with Gasteiger partial charge in [0.05, 0.1) is 24.0 Å². The maximum absolute atomic E-state index is 13.4. The third-order valence-corrected chi connectivity index (χ3v) is 4.34. The normalized spacial score (nSPS) is 19.7. The van der Waals surface area contributed by atoms with Gasteiger partial charge in [-0.05, 0) is 24.3 Å². The van der Waals surface area contributed by atoms with Crippen molar-refractivity contribution in [1.29, 1.82) is 0 Å². The van der Waals surface area contributed by atoms with Gasteiger partial charge in [0.15, 0.2) is 0 Å². The van der Waals surface area contributed by atoms with Gasteiger partial charge in [-0.1, -0.05) is 12.1 Å². The van der Waals surface area contributed by atoms with E-state index in [9.17, 15) is 13.2 Å². The van der Waals surface area contributed by atoms with E-state index in [0.29, 0.717) is 11.3 Å². The highest BCUT2D eigenvalue weighted by Gasteiger charge is 2.41. The minimum Gasteiger partial charge on any atom is -0.366 e. The van der Waals surface area contributed by atoms with Gasteiger partial charge in [0.2, 0.25) is 5.79 Å². The van der Waals surface area contributed by atoms with Crippen molar-refractivity contribution in [3.05, 3.63) is 71.4 Å². The lowest BCUT2D eigenvalue weighted by Gasteiger charge is -2.34. The molecule has 5 N–H and O–H groups in total. The highest BCUT2D eigenvalue weighted by Crippen LogP contribution is 2.31. The van der Waals surface area contributed by atoms with E-state index in [2.05, 4.69) is 30.8 Å². The number of hydrogen-bond acceptors (Lipinski definition) is 6. The predicted octanol–water partition coefficient (Wildman–Crippen LogP) is 2.26. The van der Waals surface area contributed by atoms with Gasteiger partial charge in [-0.25, -0.2) is 4.99 Å². The summed E-state index contributed by atoms with van der Waals surface area (Å²) in [6.45, 7) is 0.0907. The Morgan fingerprint density at radius 1 is 1.18 bits per heavy atom. The van der Waals surface area contributed by atoms with E-state index in [-0.39, 0.29) is 12.4 Å². The molecule has 1 atom stereocenters. The number of H-pyrrole nitrogens is 1. The molecule has 2 aromatic heterocycles. The number of aromatic nitrogens is 3. The molecule has 7 nitrogen and oxygen atoms in total. The topological polar surface area (TPSA) is 104 Å². The highest BCUT2D eigenvalue weighted by molar-refractivity contribution is 5.83. The van der Waals surface area contributed by atoms with Crippen LogP contribution < -0.4 is 16.4 Å². The van der Waals surface area contributed by atoms with Crippen LogP contribution in [0.3, 0.4) is 0 Å². The molecule has 3 aromatic rings. The van der Waals surface area contributed by atoms with Crippen molar-refractivity contribution in [3.63, 3.8) is 0 Å². The van der Waals surface area contributed by atoms with E-state index >= 15 is 0 Å². The lowest BCUT2D eigenvalue weighted by Crippen LogP contribution is -2.54. The first-order valence-corrected chi connectivity index (χ1v) is 8.36. The van der Waals surface area contributed by atoms with E-state index in [1.807, 2.05) is 0 Å². The molecule has 1 aromatic carbocycles. The van der Waals surface area contributed by atoms with Crippen LogP contribution in [-0.2, 0) is 12.3 Å². The smallest absolute Gasteiger partial charge is 0.366 e. The van der Waals surface area contributed by atoms with E-state index in [1.165, 1.54) is 0 Å². The van der Waals surface area contributed by atoms with Crippen LogP contribution in [0.5, 0.6) is 0 Å². The summed E-state index contributed by atoms with van der Waals surface area (Å²) in [5.41, 5.74) is 7.24. The van der Waals surface area contributed by atoms with E-state index < -0.39 is 17.5 Å². The molecule has 0 bridgehead atoms. The van der Waals surface area contributed by atoms with Crippen LogP contribution in [0, 0.1) is 0 Å². The lowest BCUT2D eigenvalue weighted by atomic mass is 10.0. The number of halogens is 3. The number of rotatable bonds is 4. The fourth-order valence-electron chi connectivity index (χ4n) is 2.88. The van der Waals surface area contributed by atoms with Crippen LogP contribution in [0.25, 0.3) is 10.9 Å². The summed E-state index contributed by atoms with van der Waals surface area (Å²) in [5.74, 6) is -1.82. The van der Waals surface area contributed by atoms with Gasteiger partial charge in [-0.15, -0.1) is 0 Å². The molecule has 0 saturated carbocycles. The number of nitrogens with two attached hydrogens (primary N) is 1. The van der Waals surface area contributed by atoms with Gasteiger partial charge in [0, 0.05) is 23.4 Å². The maximum Gasteiger partial charge on any atom is 0.421 e. The minimum atomic E-state index is -4.60. The summed E-state index contributed by atoms with van der Waals surface area (Å²) in [7, 11) is 0. The fraction of sp³-hybridized carbons (Fsp3) is 0.167. The summed E-state index contributed by atoms with van der Waals surface area (Å²) in [5, 5.41) is 13.0. The first-order chi connectivity index (χ1) is 13.4. The molecule has 0 radical (unpaired) electrons. The monoisotopic (exact) mass is 387 g/mol. The highest BCUT2D eigenvalue weighted by atomic mass is 19.4. The van der Waals surface area contributed by atoms with E-state index in [0.717, 1.165) is 17.1 Å². The molecule has 3 heterocycles. The Kier molecular flexibility index (Phi) is 4.27. The molecule has 1 aliphatic heterocycles. The quantitative estimate of drug-likeness (QED) is 0.550. The molecule has 144 valence electrons. The van der Waals surface area contributed by atoms with Crippen molar-refractivity contribution < 1.29 is 13.2 Å². The molecule has 10 heteroatoms. The largest absolute Gasteiger partial charge is 0.421 e. The second-order valence-electron chi connectivity index (χ2n) is 6.28. The van der Waals surface area contributed by atoms with Crippen LogP contribution in [0.1, 0.15) is 11.3 Å².